The molecule has 1 heterocycles. The van der Waals surface area contributed by atoms with Crippen molar-refractivity contribution in [2.45, 2.75) is 37.7 Å². The van der Waals surface area contributed by atoms with Gasteiger partial charge in [0.1, 0.15) is 5.75 Å². The lowest BCUT2D eigenvalue weighted by Gasteiger charge is -2.25. The fourth-order valence-electron chi connectivity index (χ4n) is 2.79. The van der Waals surface area contributed by atoms with Crippen LogP contribution in [0.25, 0.3) is 0 Å². The van der Waals surface area contributed by atoms with E-state index < -0.39 is 22.0 Å². The lowest BCUT2D eigenvalue weighted by Crippen LogP contribution is -2.36. The average Bonchev–Trinajstić information content (AvgIpc) is 2.62. The molecule has 0 radical (unpaired) electrons. The van der Waals surface area contributed by atoms with Crippen LogP contribution in [0.5, 0.6) is 5.75 Å². The molecule has 2 amide bonds. The molecule has 0 saturated heterocycles. The Bertz CT molecular complexity index is 1000. The third-order valence-corrected chi connectivity index (χ3v) is 5.68. The van der Waals surface area contributed by atoms with Crippen molar-refractivity contribution in [3.8, 4) is 5.75 Å². The Morgan fingerprint density at radius 2 is 1.96 bits per heavy atom. The van der Waals surface area contributed by atoms with Gasteiger partial charge in [0, 0.05) is 0 Å². The van der Waals surface area contributed by atoms with Gasteiger partial charge < -0.3 is 10.1 Å². The van der Waals surface area contributed by atoms with Crippen molar-refractivity contribution in [1.82, 2.24) is 4.72 Å². The average molecular weight is 388 g/mol. The highest BCUT2D eigenvalue weighted by Gasteiger charge is 2.28. The molecule has 1 unspecified atom stereocenters. The van der Waals surface area contributed by atoms with Gasteiger partial charge in [0.25, 0.3) is 15.9 Å². The van der Waals surface area contributed by atoms with Crippen LogP contribution in [0.4, 0.5) is 5.69 Å². The molecular weight excluding hydrogens is 368 g/mol. The molecule has 0 fully saturated rings. The predicted octanol–water partition coefficient (Wildman–Crippen LogP) is 2.15. The van der Waals surface area contributed by atoms with Crippen molar-refractivity contribution in [3.05, 3.63) is 53.6 Å². The minimum Gasteiger partial charge on any atom is -0.478 e. The first-order valence-electron chi connectivity index (χ1n) is 8.52. The number of aryl methyl sites for hydroxylation is 1. The van der Waals surface area contributed by atoms with Gasteiger partial charge in [0.15, 0.2) is 6.10 Å². The van der Waals surface area contributed by atoms with Crippen LogP contribution in [0.2, 0.25) is 0 Å². The van der Waals surface area contributed by atoms with Gasteiger partial charge >= 0.3 is 0 Å². The molecule has 142 valence electrons. The summed E-state index contributed by atoms with van der Waals surface area (Å²) >= 11 is 0. The Kier molecular flexibility index (Phi) is 5.18. The maximum atomic E-state index is 12.5. The summed E-state index contributed by atoms with van der Waals surface area (Å²) in [5, 5.41) is 2.63. The second kappa shape index (κ2) is 7.40. The summed E-state index contributed by atoms with van der Waals surface area (Å²) in [6.07, 6.45) is -0.149. The van der Waals surface area contributed by atoms with Crippen LogP contribution in [-0.4, -0.2) is 26.3 Å². The molecule has 1 aliphatic rings. The van der Waals surface area contributed by atoms with E-state index in [-0.39, 0.29) is 22.9 Å². The van der Waals surface area contributed by atoms with Crippen molar-refractivity contribution < 1.29 is 22.7 Å². The highest BCUT2D eigenvalue weighted by atomic mass is 32.2. The summed E-state index contributed by atoms with van der Waals surface area (Å²) < 4.78 is 32.6. The van der Waals surface area contributed by atoms with E-state index in [1.807, 2.05) is 26.0 Å². The van der Waals surface area contributed by atoms with E-state index >= 15 is 0 Å². The molecule has 0 aromatic heterocycles. The zero-order valence-electron chi connectivity index (χ0n) is 15.0. The number of hydrogen-bond acceptors (Lipinski definition) is 5. The number of fused-ring (bicyclic) bond motifs is 1. The first-order chi connectivity index (χ1) is 12.8. The van der Waals surface area contributed by atoms with E-state index in [1.165, 1.54) is 18.2 Å². The van der Waals surface area contributed by atoms with Gasteiger partial charge in [0.2, 0.25) is 5.91 Å². The Balaban J connectivity index is 1.77. The topological polar surface area (TPSA) is 102 Å². The second-order valence-corrected chi connectivity index (χ2v) is 7.98. The van der Waals surface area contributed by atoms with E-state index in [0.29, 0.717) is 12.2 Å². The second-order valence-electron chi connectivity index (χ2n) is 6.29. The zero-order valence-corrected chi connectivity index (χ0v) is 15.8. The van der Waals surface area contributed by atoms with E-state index in [1.54, 1.807) is 12.1 Å². The molecule has 0 spiro atoms. The maximum Gasteiger partial charge on any atom is 0.265 e. The zero-order chi connectivity index (χ0) is 19.6. The van der Waals surface area contributed by atoms with Crippen LogP contribution in [0.1, 0.15) is 24.5 Å². The Hall–Kier alpha value is -2.87. The first-order valence-corrected chi connectivity index (χ1v) is 10.00. The Labute approximate surface area is 157 Å². The summed E-state index contributed by atoms with van der Waals surface area (Å²) in [6.45, 7) is 3.67. The van der Waals surface area contributed by atoms with Crippen LogP contribution in [0.3, 0.4) is 0 Å². The van der Waals surface area contributed by atoms with E-state index in [4.69, 9.17) is 4.74 Å². The van der Waals surface area contributed by atoms with Crippen molar-refractivity contribution in [2.24, 2.45) is 0 Å². The third-order valence-electron chi connectivity index (χ3n) is 4.31. The molecule has 0 saturated carbocycles. The highest BCUT2D eigenvalue weighted by molar-refractivity contribution is 7.90. The largest absolute Gasteiger partial charge is 0.478 e. The van der Waals surface area contributed by atoms with Gasteiger partial charge in [-0.3, -0.25) is 9.59 Å². The number of carbonyl (C=O) groups is 2. The molecule has 2 aromatic carbocycles. The summed E-state index contributed by atoms with van der Waals surface area (Å²) in [5.41, 5.74) is 1.92. The van der Waals surface area contributed by atoms with Crippen molar-refractivity contribution in [1.29, 1.82) is 0 Å². The number of ether oxygens (including phenoxy) is 1. The number of carbonyl (C=O) groups excluding carboxylic acids is 2. The van der Waals surface area contributed by atoms with Gasteiger partial charge in [-0.25, -0.2) is 13.1 Å². The summed E-state index contributed by atoms with van der Waals surface area (Å²) in [4.78, 5) is 24.0. The minimum atomic E-state index is -4.07. The van der Waals surface area contributed by atoms with Crippen LogP contribution in [0, 0.1) is 6.92 Å². The first kappa shape index (κ1) is 18.9. The standard InChI is InChI=1S/C19H20N2O5S/c1-3-16-19(23)20-15-11-14(8-9-17(15)26-16)27(24,25)21-18(22)10-13-7-5-4-6-12(13)2/h4-9,11,16H,3,10H2,1-2H3,(H,20,23)(H,21,22). The van der Waals surface area contributed by atoms with Gasteiger partial charge in [-0.15, -0.1) is 0 Å². The number of hydrogen-bond donors (Lipinski definition) is 2. The van der Waals surface area contributed by atoms with Crippen molar-refractivity contribution >= 4 is 27.5 Å². The molecule has 0 aliphatic carbocycles. The molecule has 3 rings (SSSR count). The summed E-state index contributed by atoms with van der Waals surface area (Å²) in [7, 11) is -4.07. The van der Waals surface area contributed by atoms with Crippen LogP contribution < -0.4 is 14.8 Å². The molecule has 0 bridgehead atoms. The molecule has 2 aromatic rings. The molecule has 1 atom stereocenters. The molecule has 2 N–H and O–H groups in total. The monoisotopic (exact) mass is 388 g/mol. The fraction of sp³-hybridized carbons (Fsp3) is 0.263. The number of anilines is 1. The summed E-state index contributed by atoms with van der Waals surface area (Å²) in [6, 6.07) is 11.4. The van der Waals surface area contributed by atoms with E-state index in [2.05, 4.69) is 10.0 Å². The van der Waals surface area contributed by atoms with E-state index in [9.17, 15) is 18.0 Å². The molecular formula is C19H20N2O5S. The Morgan fingerprint density at radius 1 is 1.22 bits per heavy atom. The van der Waals surface area contributed by atoms with Crippen molar-refractivity contribution in [2.75, 3.05) is 5.32 Å². The number of benzene rings is 2. The number of rotatable bonds is 5. The number of sulfonamides is 1. The van der Waals surface area contributed by atoms with Crippen LogP contribution in [-0.2, 0) is 26.0 Å². The quantitative estimate of drug-likeness (QED) is 0.817. The maximum absolute atomic E-state index is 12.5. The Morgan fingerprint density at radius 3 is 2.67 bits per heavy atom. The molecule has 1 aliphatic heterocycles. The lowest BCUT2D eigenvalue weighted by atomic mass is 10.1. The smallest absolute Gasteiger partial charge is 0.265 e. The predicted molar refractivity (Wildman–Crippen MR) is 100.0 cm³/mol. The SMILES string of the molecule is CCC1Oc2ccc(S(=O)(=O)NC(=O)Cc3ccccc3C)cc2NC1=O. The summed E-state index contributed by atoms with van der Waals surface area (Å²) in [5.74, 6) is -0.567. The minimum absolute atomic E-state index is 0.0468. The fourth-order valence-corrected chi connectivity index (χ4v) is 3.80. The van der Waals surface area contributed by atoms with Gasteiger partial charge in [-0.1, -0.05) is 31.2 Å². The number of amides is 2. The van der Waals surface area contributed by atoms with Gasteiger partial charge in [-0.2, -0.15) is 0 Å². The van der Waals surface area contributed by atoms with E-state index in [0.717, 1.165) is 11.1 Å². The van der Waals surface area contributed by atoms with Crippen LogP contribution in [0.15, 0.2) is 47.4 Å². The third kappa shape index (κ3) is 4.11. The highest BCUT2D eigenvalue weighted by Crippen LogP contribution is 2.32. The molecule has 27 heavy (non-hydrogen) atoms. The molecule has 8 heteroatoms. The lowest BCUT2D eigenvalue weighted by molar-refractivity contribution is -0.123. The van der Waals surface area contributed by atoms with Crippen molar-refractivity contribution in [3.63, 3.8) is 0 Å². The van der Waals surface area contributed by atoms with Gasteiger partial charge in [0.05, 0.1) is 17.0 Å². The molecule has 7 nitrogen and oxygen atoms in total. The van der Waals surface area contributed by atoms with Gasteiger partial charge in [-0.05, 0) is 42.7 Å². The normalized spacial score (nSPS) is 16.1. The van der Waals surface area contributed by atoms with Crippen LogP contribution >= 0.6 is 0 Å². The number of nitrogens with one attached hydrogen (secondary N) is 2.